The number of alkyl carbamates (subject to hydrolysis) is 1. The molecule has 0 aliphatic carbocycles. The Labute approximate surface area is 177 Å². The lowest BCUT2D eigenvalue weighted by molar-refractivity contribution is -0.143. The van der Waals surface area contributed by atoms with Crippen molar-refractivity contribution in [1.29, 1.82) is 0 Å². The maximum atomic E-state index is 12.3. The largest absolute Gasteiger partial charge is 0.467 e. The number of ether oxygens (including phenoxy) is 2. The van der Waals surface area contributed by atoms with Crippen LogP contribution in [0.2, 0.25) is 0 Å². The molecule has 2 N–H and O–H groups in total. The van der Waals surface area contributed by atoms with Crippen molar-refractivity contribution >= 4 is 23.7 Å². The van der Waals surface area contributed by atoms with Crippen LogP contribution in [-0.4, -0.2) is 45.3 Å². The quantitative estimate of drug-likeness (QED) is 0.519. The first-order chi connectivity index (χ1) is 15.0. The van der Waals surface area contributed by atoms with Gasteiger partial charge in [0.15, 0.2) is 6.04 Å². The second-order valence-electron chi connectivity index (χ2n) is 6.34. The molecule has 1 aromatic heterocycles. The molecule has 1 heterocycles. The number of aromatic nitrogens is 4. The number of carbonyl (C=O) groups excluding carboxylic acids is 3. The van der Waals surface area contributed by atoms with Crippen LogP contribution in [0.5, 0.6) is 0 Å². The first-order valence-electron chi connectivity index (χ1n) is 9.21. The van der Waals surface area contributed by atoms with Gasteiger partial charge in [-0.15, -0.1) is 5.10 Å². The fourth-order valence-electron chi connectivity index (χ4n) is 2.68. The van der Waals surface area contributed by atoms with Crippen LogP contribution in [-0.2, 0) is 32.2 Å². The molecule has 3 rings (SSSR count). The number of hydrogen-bond acceptors (Lipinski definition) is 8. The number of hydrogen-bond donors (Lipinski definition) is 2. The van der Waals surface area contributed by atoms with Gasteiger partial charge in [0.05, 0.1) is 7.11 Å². The molecule has 31 heavy (non-hydrogen) atoms. The third kappa shape index (κ3) is 6.35. The Balaban J connectivity index is 1.65. The maximum Gasteiger partial charge on any atom is 0.408 e. The van der Waals surface area contributed by atoms with Crippen molar-refractivity contribution in [2.24, 2.45) is 0 Å². The molecule has 2 aromatic carbocycles. The number of amides is 2. The summed E-state index contributed by atoms with van der Waals surface area (Å²) in [6.07, 6.45) is 0.529. The van der Waals surface area contributed by atoms with E-state index in [2.05, 4.69) is 26.2 Å². The van der Waals surface area contributed by atoms with Crippen LogP contribution in [0.1, 0.15) is 17.2 Å². The van der Waals surface area contributed by atoms with E-state index >= 15 is 0 Å². The van der Waals surface area contributed by atoms with Gasteiger partial charge < -0.3 is 20.1 Å². The Morgan fingerprint density at radius 3 is 2.61 bits per heavy atom. The number of anilines is 1. The van der Waals surface area contributed by atoms with Crippen molar-refractivity contribution in [3.63, 3.8) is 0 Å². The van der Waals surface area contributed by atoms with Crippen LogP contribution in [0.25, 0.3) is 0 Å². The Kier molecular flexibility index (Phi) is 7.25. The second kappa shape index (κ2) is 10.5. The molecule has 160 valence electrons. The van der Waals surface area contributed by atoms with Gasteiger partial charge in [-0.1, -0.05) is 42.5 Å². The minimum absolute atomic E-state index is 0.0494. The van der Waals surface area contributed by atoms with Crippen LogP contribution in [0.4, 0.5) is 10.5 Å². The van der Waals surface area contributed by atoms with E-state index in [9.17, 15) is 14.4 Å². The zero-order valence-electron chi connectivity index (χ0n) is 16.6. The van der Waals surface area contributed by atoms with Crippen LogP contribution in [0, 0.1) is 0 Å². The highest BCUT2D eigenvalue weighted by molar-refractivity contribution is 5.91. The normalized spacial score (nSPS) is 11.3. The van der Waals surface area contributed by atoms with E-state index in [-0.39, 0.29) is 19.1 Å². The molecule has 11 heteroatoms. The number of tetrazole rings is 1. The monoisotopic (exact) mass is 424 g/mol. The Morgan fingerprint density at radius 2 is 1.90 bits per heavy atom. The Bertz CT molecular complexity index is 1030. The highest BCUT2D eigenvalue weighted by Crippen LogP contribution is 2.19. The third-order valence-electron chi connectivity index (χ3n) is 4.11. The van der Waals surface area contributed by atoms with Gasteiger partial charge in [-0.2, -0.15) is 0 Å². The van der Waals surface area contributed by atoms with Gasteiger partial charge in [0.25, 0.3) is 0 Å². The van der Waals surface area contributed by atoms with Crippen LogP contribution in [0.15, 0.2) is 60.9 Å². The molecule has 0 saturated carbocycles. The summed E-state index contributed by atoms with van der Waals surface area (Å²) in [5.74, 6) is -1.05. The van der Waals surface area contributed by atoms with Crippen LogP contribution < -0.4 is 10.6 Å². The topological polar surface area (TPSA) is 137 Å². The lowest BCUT2D eigenvalue weighted by Gasteiger charge is -2.18. The van der Waals surface area contributed by atoms with Gasteiger partial charge >= 0.3 is 12.1 Å². The van der Waals surface area contributed by atoms with Crippen molar-refractivity contribution < 1.29 is 23.9 Å². The van der Waals surface area contributed by atoms with E-state index in [1.807, 2.05) is 30.3 Å². The molecule has 0 radical (unpaired) electrons. The Morgan fingerprint density at radius 1 is 1.10 bits per heavy atom. The first-order valence-corrected chi connectivity index (χ1v) is 9.21. The summed E-state index contributed by atoms with van der Waals surface area (Å²) < 4.78 is 11.2. The molecule has 0 saturated heterocycles. The van der Waals surface area contributed by atoms with Crippen LogP contribution in [0.3, 0.4) is 0 Å². The average Bonchev–Trinajstić information content (AvgIpc) is 3.29. The van der Waals surface area contributed by atoms with E-state index in [0.717, 1.165) is 5.56 Å². The van der Waals surface area contributed by atoms with Gasteiger partial charge in [-0.25, -0.2) is 14.3 Å². The van der Waals surface area contributed by atoms with Gasteiger partial charge in [0.1, 0.15) is 19.5 Å². The van der Waals surface area contributed by atoms with Gasteiger partial charge in [0, 0.05) is 5.69 Å². The molecular weight excluding hydrogens is 404 g/mol. The third-order valence-corrected chi connectivity index (χ3v) is 4.11. The number of esters is 1. The predicted octanol–water partition coefficient (Wildman–Crippen LogP) is 1.45. The number of nitrogens with one attached hydrogen (secondary N) is 2. The van der Waals surface area contributed by atoms with Crippen molar-refractivity contribution in [2.75, 3.05) is 12.4 Å². The minimum atomic E-state index is -1.12. The highest BCUT2D eigenvalue weighted by atomic mass is 16.6. The van der Waals surface area contributed by atoms with Crippen molar-refractivity contribution in [3.8, 4) is 0 Å². The number of methoxy groups -OCH3 is 1. The zero-order valence-corrected chi connectivity index (χ0v) is 16.6. The molecule has 0 unspecified atom stereocenters. The zero-order chi connectivity index (χ0) is 22.1. The molecular formula is C20H20N6O5. The summed E-state index contributed by atoms with van der Waals surface area (Å²) >= 11 is 0. The highest BCUT2D eigenvalue weighted by Gasteiger charge is 2.24. The van der Waals surface area contributed by atoms with Crippen LogP contribution >= 0.6 is 0 Å². The van der Waals surface area contributed by atoms with Gasteiger partial charge in [-0.3, -0.25) is 4.79 Å². The summed E-state index contributed by atoms with van der Waals surface area (Å²) in [4.78, 5) is 36.6. The lowest BCUT2D eigenvalue weighted by atomic mass is 10.1. The summed E-state index contributed by atoms with van der Waals surface area (Å²) in [5, 5.41) is 15.7. The molecule has 0 spiro atoms. The average molecular weight is 424 g/mol. The SMILES string of the molecule is COC(=O)[C@@H](NC(=O)OCc1ccccc1)c1cccc(NC(=O)Cn2cnnn2)c1. The fourth-order valence-corrected chi connectivity index (χ4v) is 2.68. The van der Waals surface area contributed by atoms with Crippen molar-refractivity contribution in [3.05, 3.63) is 72.1 Å². The first kappa shape index (κ1) is 21.4. The molecule has 2 amide bonds. The number of nitrogens with zero attached hydrogens (tertiary/aromatic N) is 4. The Hall–Kier alpha value is -4.28. The maximum absolute atomic E-state index is 12.3. The second-order valence-corrected chi connectivity index (χ2v) is 6.34. The number of rotatable bonds is 8. The van der Waals surface area contributed by atoms with E-state index in [4.69, 9.17) is 9.47 Å². The summed E-state index contributed by atoms with van der Waals surface area (Å²) in [6, 6.07) is 14.5. The standard InChI is InChI=1S/C20H20N6O5/c1-30-19(28)18(23-20(29)31-12-14-6-3-2-4-7-14)15-8-5-9-16(10-15)22-17(27)11-26-13-21-24-25-26/h2-10,13,18H,11-12H2,1H3,(H,22,27)(H,23,29)/t18-/m0/s1. The lowest BCUT2D eigenvalue weighted by Crippen LogP contribution is -2.35. The van der Waals surface area contributed by atoms with E-state index in [1.54, 1.807) is 24.3 Å². The summed E-state index contributed by atoms with van der Waals surface area (Å²) in [5.41, 5.74) is 1.63. The summed E-state index contributed by atoms with van der Waals surface area (Å²) in [7, 11) is 1.21. The van der Waals surface area contributed by atoms with E-state index < -0.39 is 18.1 Å². The minimum Gasteiger partial charge on any atom is -0.467 e. The molecule has 3 aromatic rings. The summed E-state index contributed by atoms with van der Waals surface area (Å²) in [6.45, 7) is -0.0322. The van der Waals surface area contributed by atoms with E-state index in [1.165, 1.54) is 18.1 Å². The van der Waals surface area contributed by atoms with E-state index in [0.29, 0.717) is 11.3 Å². The number of benzene rings is 2. The molecule has 0 fully saturated rings. The number of carbonyl (C=O) groups is 3. The van der Waals surface area contributed by atoms with Crippen molar-refractivity contribution in [1.82, 2.24) is 25.5 Å². The molecule has 1 atom stereocenters. The smallest absolute Gasteiger partial charge is 0.408 e. The van der Waals surface area contributed by atoms with Gasteiger partial charge in [-0.05, 0) is 33.7 Å². The molecule has 0 aliphatic heterocycles. The van der Waals surface area contributed by atoms with Gasteiger partial charge in [0.2, 0.25) is 5.91 Å². The predicted molar refractivity (Wildman–Crippen MR) is 107 cm³/mol. The van der Waals surface area contributed by atoms with Crippen molar-refractivity contribution in [2.45, 2.75) is 19.2 Å². The molecule has 0 bridgehead atoms. The molecule has 0 aliphatic rings. The molecule has 11 nitrogen and oxygen atoms in total. The fraction of sp³-hybridized carbons (Fsp3) is 0.200.